The van der Waals surface area contributed by atoms with E-state index in [2.05, 4.69) is 16.6 Å². The Hall–Kier alpha value is -2.32. The van der Waals surface area contributed by atoms with Gasteiger partial charge in [0.2, 0.25) is 5.91 Å². The van der Waals surface area contributed by atoms with E-state index in [1.807, 2.05) is 0 Å². The summed E-state index contributed by atoms with van der Waals surface area (Å²) in [7, 11) is 0. The molecule has 94 valence electrons. The normalized spacial score (nSPS) is 11.3. The fourth-order valence-electron chi connectivity index (χ4n) is 1.40. The molecule has 5 nitrogen and oxygen atoms in total. The van der Waals surface area contributed by atoms with Gasteiger partial charge in [-0.1, -0.05) is 36.3 Å². The highest BCUT2D eigenvalue weighted by Gasteiger charge is 2.19. The summed E-state index contributed by atoms with van der Waals surface area (Å²) in [5.74, 6) is 0.891. The number of terminal acetylenes is 1. The van der Waals surface area contributed by atoms with Crippen LogP contribution < -0.4 is 10.6 Å². The van der Waals surface area contributed by atoms with Crippen molar-refractivity contribution in [2.24, 2.45) is 0 Å². The van der Waals surface area contributed by atoms with Gasteiger partial charge in [-0.2, -0.15) is 0 Å². The van der Waals surface area contributed by atoms with Gasteiger partial charge in [-0.15, -0.1) is 6.42 Å². The van der Waals surface area contributed by atoms with Crippen LogP contribution in [-0.2, 0) is 9.59 Å². The molecule has 5 heteroatoms. The van der Waals surface area contributed by atoms with Gasteiger partial charge in [0.15, 0.2) is 0 Å². The van der Waals surface area contributed by atoms with Crippen LogP contribution in [0.4, 0.5) is 0 Å². The number of carboxylic acids is 1. The number of rotatable bonds is 6. The maximum Gasteiger partial charge on any atom is 0.325 e. The van der Waals surface area contributed by atoms with Gasteiger partial charge in [0.1, 0.15) is 6.04 Å². The molecule has 0 fully saturated rings. The van der Waals surface area contributed by atoms with Crippen LogP contribution in [0.5, 0.6) is 0 Å². The van der Waals surface area contributed by atoms with Crippen molar-refractivity contribution in [3.8, 4) is 12.3 Å². The van der Waals surface area contributed by atoms with Crippen LogP contribution in [0.1, 0.15) is 11.6 Å². The van der Waals surface area contributed by atoms with Crippen LogP contribution in [-0.4, -0.2) is 30.1 Å². The SMILES string of the molecule is C#CCNC(=O)CNC(C(=O)O)c1ccccc1. The third-order valence-electron chi connectivity index (χ3n) is 2.23. The molecule has 0 heterocycles. The topological polar surface area (TPSA) is 78.4 Å². The lowest BCUT2D eigenvalue weighted by atomic mass is 10.1. The van der Waals surface area contributed by atoms with E-state index >= 15 is 0 Å². The summed E-state index contributed by atoms with van der Waals surface area (Å²) in [6.07, 6.45) is 4.99. The van der Waals surface area contributed by atoms with E-state index < -0.39 is 12.0 Å². The molecule has 1 atom stereocenters. The zero-order valence-electron chi connectivity index (χ0n) is 9.72. The molecule has 1 unspecified atom stereocenters. The van der Waals surface area contributed by atoms with Crippen LogP contribution in [0.25, 0.3) is 0 Å². The number of amides is 1. The maximum absolute atomic E-state index is 11.3. The Kier molecular flexibility index (Phi) is 5.42. The number of carboxylic acid groups (broad SMARTS) is 1. The van der Waals surface area contributed by atoms with E-state index in [9.17, 15) is 9.59 Å². The van der Waals surface area contributed by atoms with Crippen molar-refractivity contribution in [3.05, 3.63) is 35.9 Å². The van der Waals surface area contributed by atoms with Crippen LogP contribution in [0.2, 0.25) is 0 Å². The molecule has 1 aromatic rings. The van der Waals surface area contributed by atoms with Crippen molar-refractivity contribution in [2.75, 3.05) is 13.1 Å². The Morgan fingerprint density at radius 1 is 1.33 bits per heavy atom. The first-order chi connectivity index (χ1) is 8.65. The third kappa shape index (κ3) is 4.28. The van der Waals surface area contributed by atoms with E-state index in [0.717, 1.165) is 0 Å². The third-order valence-corrected chi connectivity index (χ3v) is 2.23. The number of carbonyl (C=O) groups excluding carboxylic acids is 1. The highest BCUT2D eigenvalue weighted by Crippen LogP contribution is 2.11. The van der Waals surface area contributed by atoms with Crippen LogP contribution in [0.15, 0.2) is 30.3 Å². The predicted molar refractivity (Wildman–Crippen MR) is 66.7 cm³/mol. The first kappa shape index (κ1) is 13.7. The summed E-state index contributed by atoms with van der Waals surface area (Å²) in [5.41, 5.74) is 0.592. The van der Waals surface area contributed by atoms with E-state index in [4.69, 9.17) is 11.5 Å². The minimum Gasteiger partial charge on any atom is -0.480 e. The van der Waals surface area contributed by atoms with Crippen molar-refractivity contribution in [1.82, 2.24) is 10.6 Å². The highest BCUT2D eigenvalue weighted by molar-refractivity contribution is 5.80. The van der Waals surface area contributed by atoms with Crippen LogP contribution in [0, 0.1) is 12.3 Å². The second kappa shape index (κ2) is 7.09. The van der Waals surface area contributed by atoms with Gasteiger partial charge in [-0.05, 0) is 5.56 Å². The monoisotopic (exact) mass is 246 g/mol. The summed E-state index contributed by atoms with van der Waals surface area (Å²) in [5, 5.41) is 14.2. The van der Waals surface area contributed by atoms with Crippen molar-refractivity contribution >= 4 is 11.9 Å². The minimum atomic E-state index is -1.04. The van der Waals surface area contributed by atoms with Gasteiger partial charge >= 0.3 is 5.97 Å². The second-order valence-electron chi connectivity index (χ2n) is 3.54. The van der Waals surface area contributed by atoms with Crippen molar-refractivity contribution in [3.63, 3.8) is 0 Å². The molecular formula is C13H14N2O3. The van der Waals surface area contributed by atoms with E-state index in [1.54, 1.807) is 30.3 Å². The van der Waals surface area contributed by atoms with Crippen molar-refractivity contribution < 1.29 is 14.7 Å². The lowest BCUT2D eigenvalue weighted by molar-refractivity contribution is -0.139. The molecule has 0 aliphatic heterocycles. The zero-order valence-corrected chi connectivity index (χ0v) is 9.72. The smallest absolute Gasteiger partial charge is 0.325 e. The van der Waals surface area contributed by atoms with E-state index in [-0.39, 0.29) is 19.0 Å². The Bertz CT molecular complexity index is 451. The molecule has 0 aromatic heterocycles. The zero-order chi connectivity index (χ0) is 13.4. The lowest BCUT2D eigenvalue weighted by Gasteiger charge is -2.14. The average molecular weight is 246 g/mol. The molecule has 18 heavy (non-hydrogen) atoms. The maximum atomic E-state index is 11.3. The van der Waals surface area contributed by atoms with E-state index in [1.165, 1.54) is 0 Å². The number of benzene rings is 1. The molecule has 0 aliphatic carbocycles. The van der Waals surface area contributed by atoms with Gasteiger partial charge < -0.3 is 10.4 Å². The molecule has 0 spiro atoms. The Morgan fingerprint density at radius 3 is 2.56 bits per heavy atom. The molecule has 1 aromatic carbocycles. The molecule has 1 rings (SSSR count). The lowest BCUT2D eigenvalue weighted by Crippen LogP contribution is -2.38. The average Bonchev–Trinajstić information content (AvgIpc) is 2.37. The minimum absolute atomic E-state index is 0.104. The van der Waals surface area contributed by atoms with Crippen molar-refractivity contribution in [2.45, 2.75) is 6.04 Å². The van der Waals surface area contributed by atoms with E-state index in [0.29, 0.717) is 5.56 Å². The van der Waals surface area contributed by atoms with Crippen LogP contribution >= 0.6 is 0 Å². The Balaban J connectivity index is 2.58. The number of hydrogen-bond acceptors (Lipinski definition) is 3. The largest absolute Gasteiger partial charge is 0.480 e. The highest BCUT2D eigenvalue weighted by atomic mass is 16.4. The van der Waals surface area contributed by atoms with Gasteiger partial charge in [0.25, 0.3) is 0 Å². The summed E-state index contributed by atoms with van der Waals surface area (Å²) in [6, 6.07) is 7.73. The summed E-state index contributed by atoms with van der Waals surface area (Å²) in [4.78, 5) is 22.4. The molecule has 3 N–H and O–H groups in total. The number of aliphatic carboxylic acids is 1. The van der Waals surface area contributed by atoms with Crippen molar-refractivity contribution in [1.29, 1.82) is 0 Å². The summed E-state index contributed by atoms with van der Waals surface area (Å²) >= 11 is 0. The number of hydrogen-bond donors (Lipinski definition) is 3. The quantitative estimate of drug-likeness (QED) is 0.624. The Morgan fingerprint density at radius 2 is 2.00 bits per heavy atom. The Labute approximate surface area is 105 Å². The van der Waals surface area contributed by atoms with Gasteiger partial charge in [-0.3, -0.25) is 14.9 Å². The molecule has 0 saturated carbocycles. The van der Waals surface area contributed by atoms with Gasteiger partial charge in [0.05, 0.1) is 13.1 Å². The molecule has 0 bridgehead atoms. The molecule has 0 radical (unpaired) electrons. The van der Waals surface area contributed by atoms with Gasteiger partial charge in [0, 0.05) is 0 Å². The predicted octanol–water partition coefficient (Wildman–Crippen LogP) is 0.151. The first-order valence-corrected chi connectivity index (χ1v) is 5.36. The molecular weight excluding hydrogens is 232 g/mol. The molecule has 1 amide bonds. The number of nitrogens with one attached hydrogen (secondary N) is 2. The fraction of sp³-hybridized carbons (Fsp3) is 0.231. The molecule has 0 saturated heterocycles. The fourth-order valence-corrected chi connectivity index (χ4v) is 1.40. The molecule has 0 aliphatic rings. The first-order valence-electron chi connectivity index (χ1n) is 5.36. The van der Waals surface area contributed by atoms with Crippen LogP contribution in [0.3, 0.4) is 0 Å². The van der Waals surface area contributed by atoms with Gasteiger partial charge in [-0.25, -0.2) is 0 Å². The summed E-state index contributed by atoms with van der Waals surface area (Å²) < 4.78 is 0. The number of carbonyl (C=O) groups is 2. The second-order valence-corrected chi connectivity index (χ2v) is 3.54. The standard InChI is InChI=1S/C13H14N2O3/c1-2-8-14-11(16)9-15-12(13(17)18)10-6-4-3-5-7-10/h1,3-7,12,15H,8-9H2,(H,14,16)(H,17,18). The summed E-state index contributed by atoms with van der Waals surface area (Å²) in [6.45, 7) is 0.0249.